The van der Waals surface area contributed by atoms with E-state index in [4.69, 9.17) is 20.8 Å². The Morgan fingerprint density at radius 2 is 2.16 bits per heavy atom. The lowest BCUT2D eigenvalue weighted by molar-refractivity contribution is -0.132. The summed E-state index contributed by atoms with van der Waals surface area (Å²) < 4.78 is 10.9. The van der Waals surface area contributed by atoms with Crippen molar-refractivity contribution in [2.24, 2.45) is 0 Å². The molecule has 6 nitrogen and oxygen atoms in total. The third-order valence-electron chi connectivity index (χ3n) is 4.89. The minimum Gasteiger partial charge on any atom is -0.482 e. The highest BCUT2D eigenvalue weighted by Crippen LogP contribution is 2.34. The molecule has 0 spiro atoms. The summed E-state index contributed by atoms with van der Waals surface area (Å²) in [6.45, 7) is 0.678. The third-order valence-corrected chi connectivity index (χ3v) is 5.19. The van der Waals surface area contributed by atoms with Gasteiger partial charge < -0.3 is 19.2 Å². The first-order chi connectivity index (χ1) is 12.0. The number of nitrogens with zero attached hydrogens (tertiary/aromatic N) is 1. The molecule has 2 heterocycles. The lowest BCUT2D eigenvalue weighted by Gasteiger charge is -2.16. The van der Waals surface area contributed by atoms with Crippen molar-refractivity contribution in [2.45, 2.75) is 31.8 Å². The Labute approximate surface area is 148 Å². The van der Waals surface area contributed by atoms with E-state index in [2.05, 4.69) is 0 Å². The highest BCUT2D eigenvalue weighted by atomic mass is 35.5. The lowest BCUT2D eigenvalue weighted by atomic mass is 10.1. The molecule has 1 aromatic carbocycles. The van der Waals surface area contributed by atoms with Gasteiger partial charge in [0.1, 0.15) is 11.3 Å². The molecule has 0 radical (unpaired) electrons. The van der Waals surface area contributed by atoms with Crippen LogP contribution in [-0.4, -0.2) is 41.7 Å². The summed E-state index contributed by atoms with van der Waals surface area (Å²) in [4.78, 5) is 25.7. The summed E-state index contributed by atoms with van der Waals surface area (Å²) in [5.41, 5.74) is 1.85. The van der Waals surface area contributed by atoms with Crippen LogP contribution >= 0.6 is 11.6 Å². The van der Waals surface area contributed by atoms with Gasteiger partial charge in [-0.1, -0.05) is 11.6 Å². The number of hydrogen-bond acceptors (Lipinski definition) is 5. The second-order valence-electron chi connectivity index (χ2n) is 6.55. The fourth-order valence-electron chi connectivity index (χ4n) is 3.59. The molecule has 1 amide bonds. The van der Waals surface area contributed by atoms with Crippen LogP contribution in [0.2, 0.25) is 5.02 Å². The number of rotatable bonds is 3. The molecule has 1 atom stereocenters. The molecular formula is C18H18ClNO5. The second kappa shape index (κ2) is 6.35. The molecule has 1 saturated heterocycles. The van der Waals surface area contributed by atoms with Gasteiger partial charge in [-0.15, -0.1) is 0 Å². The van der Waals surface area contributed by atoms with Crippen molar-refractivity contribution in [3.05, 3.63) is 38.7 Å². The molecule has 25 heavy (non-hydrogen) atoms. The van der Waals surface area contributed by atoms with Crippen molar-refractivity contribution >= 4 is 28.5 Å². The van der Waals surface area contributed by atoms with Gasteiger partial charge in [0, 0.05) is 30.1 Å². The summed E-state index contributed by atoms with van der Waals surface area (Å²) in [5.74, 6) is 0.103. The number of aliphatic hydroxyl groups is 1. The second-order valence-corrected chi connectivity index (χ2v) is 6.96. The first kappa shape index (κ1) is 16.4. The predicted molar refractivity (Wildman–Crippen MR) is 92.2 cm³/mol. The summed E-state index contributed by atoms with van der Waals surface area (Å²) in [6.07, 6.45) is 2.62. The van der Waals surface area contributed by atoms with Crippen LogP contribution in [0.5, 0.6) is 5.75 Å². The molecule has 1 aliphatic carbocycles. The van der Waals surface area contributed by atoms with Crippen LogP contribution in [-0.2, 0) is 17.6 Å². The third kappa shape index (κ3) is 3.00. The largest absolute Gasteiger partial charge is 0.482 e. The zero-order valence-electron chi connectivity index (χ0n) is 13.6. The van der Waals surface area contributed by atoms with E-state index in [1.165, 1.54) is 0 Å². The van der Waals surface area contributed by atoms with E-state index >= 15 is 0 Å². The van der Waals surface area contributed by atoms with Crippen molar-refractivity contribution in [2.75, 3.05) is 19.7 Å². The van der Waals surface area contributed by atoms with E-state index in [-0.39, 0.29) is 18.1 Å². The van der Waals surface area contributed by atoms with Crippen molar-refractivity contribution in [1.82, 2.24) is 4.90 Å². The number of carbonyl (C=O) groups is 1. The fraction of sp³-hybridized carbons (Fsp3) is 0.444. The number of benzene rings is 1. The Bertz CT molecular complexity index is 906. The van der Waals surface area contributed by atoms with Gasteiger partial charge in [0.15, 0.2) is 6.61 Å². The molecule has 1 aromatic heterocycles. The van der Waals surface area contributed by atoms with Crippen LogP contribution in [0.1, 0.15) is 24.0 Å². The number of β-amino-alcohol motifs (C(OH)–C–C–N with tert-alkyl or cyclic N) is 1. The molecule has 4 rings (SSSR count). The lowest BCUT2D eigenvalue weighted by Crippen LogP contribution is -2.33. The van der Waals surface area contributed by atoms with Gasteiger partial charge in [-0.3, -0.25) is 4.79 Å². The van der Waals surface area contributed by atoms with Gasteiger partial charge in [0.2, 0.25) is 0 Å². The maximum atomic E-state index is 12.1. The molecule has 132 valence electrons. The van der Waals surface area contributed by atoms with Crippen LogP contribution in [0.25, 0.3) is 11.0 Å². The molecule has 2 aliphatic rings. The van der Waals surface area contributed by atoms with E-state index in [9.17, 15) is 14.7 Å². The van der Waals surface area contributed by atoms with E-state index in [1.54, 1.807) is 17.0 Å². The minimum absolute atomic E-state index is 0.173. The Morgan fingerprint density at radius 1 is 1.36 bits per heavy atom. The van der Waals surface area contributed by atoms with Gasteiger partial charge in [-0.25, -0.2) is 4.79 Å². The molecule has 1 N–H and O–H groups in total. The first-order valence-electron chi connectivity index (χ1n) is 8.39. The van der Waals surface area contributed by atoms with Crippen LogP contribution < -0.4 is 10.4 Å². The van der Waals surface area contributed by atoms with Crippen LogP contribution in [0.15, 0.2) is 21.3 Å². The Kier molecular flexibility index (Phi) is 4.17. The van der Waals surface area contributed by atoms with E-state index in [1.807, 2.05) is 0 Å². The number of aliphatic hydroxyl groups excluding tert-OH is 1. The van der Waals surface area contributed by atoms with Gasteiger partial charge in [-0.05, 0) is 37.3 Å². The summed E-state index contributed by atoms with van der Waals surface area (Å²) in [5, 5.41) is 10.7. The highest BCUT2D eigenvalue weighted by molar-refractivity contribution is 6.32. The van der Waals surface area contributed by atoms with Gasteiger partial charge in [-0.2, -0.15) is 0 Å². The molecule has 1 aliphatic heterocycles. The molecule has 7 heteroatoms. The normalized spacial score (nSPS) is 19.4. The fourth-order valence-corrected chi connectivity index (χ4v) is 3.81. The number of amides is 1. The number of fused-ring (bicyclic) bond motifs is 3. The van der Waals surface area contributed by atoms with Gasteiger partial charge >= 0.3 is 5.63 Å². The van der Waals surface area contributed by atoms with E-state index in [0.29, 0.717) is 35.9 Å². The van der Waals surface area contributed by atoms with Gasteiger partial charge in [0.25, 0.3) is 5.91 Å². The zero-order chi connectivity index (χ0) is 17.6. The summed E-state index contributed by atoms with van der Waals surface area (Å²) in [6, 6.07) is 3.31. The maximum Gasteiger partial charge on any atom is 0.339 e. The van der Waals surface area contributed by atoms with Crippen molar-refractivity contribution in [3.63, 3.8) is 0 Å². The smallest absolute Gasteiger partial charge is 0.339 e. The van der Waals surface area contributed by atoms with Crippen LogP contribution in [0.4, 0.5) is 0 Å². The Balaban J connectivity index is 1.58. The number of ether oxygens (including phenoxy) is 1. The highest BCUT2D eigenvalue weighted by Gasteiger charge is 2.25. The minimum atomic E-state index is -0.468. The topological polar surface area (TPSA) is 80.0 Å². The monoisotopic (exact) mass is 363 g/mol. The van der Waals surface area contributed by atoms with Crippen LogP contribution in [0.3, 0.4) is 0 Å². The predicted octanol–water partition coefficient (Wildman–Crippen LogP) is 1.91. The average molecular weight is 364 g/mol. The number of carbonyl (C=O) groups excluding carboxylic acids is 1. The summed E-state index contributed by atoms with van der Waals surface area (Å²) in [7, 11) is 0. The average Bonchev–Trinajstić information content (AvgIpc) is 3.23. The number of hydrogen-bond donors (Lipinski definition) is 1. The van der Waals surface area contributed by atoms with Crippen molar-refractivity contribution in [3.8, 4) is 5.75 Å². The number of aryl methyl sites for hydroxylation is 1. The molecular weight excluding hydrogens is 346 g/mol. The Hall–Kier alpha value is -2.05. The molecule has 2 aromatic rings. The SMILES string of the molecule is O=C(COc1cc2oc(=O)c3c(c2cc1Cl)CCC3)N1CCC(O)C1. The summed E-state index contributed by atoms with van der Waals surface area (Å²) >= 11 is 6.30. The molecule has 1 fully saturated rings. The number of likely N-dealkylation sites (tertiary alicyclic amines) is 1. The number of halogens is 1. The molecule has 0 saturated carbocycles. The Morgan fingerprint density at radius 3 is 2.92 bits per heavy atom. The molecule has 0 bridgehead atoms. The van der Waals surface area contributed by atoms with E-state index in [0.717, 1.165) is 35.8 Å². The van der Waals surface area contributed by atoms with Gasteiger partial charge in [0.05, 0.1) is 11.1 Å². The molecule has 1 unspecified atom stereocenters. The standard InChI is InChI=1S/C18H18ClNO5/c19-14-6-13-11-2-1-3-12(11)18(23)25-15(13)7-16(14)24-9-17(22)20-5-4-10(21)8-20/h6-7,10,21H,1-5,8-9H2. The van der Waals surface area contributed by atoms with Crippen molar-refractivity contribution < 1.29 is 19.1 Å². The zero-order valence-corrected chi connectivity index (χ0v) is 14.3. The van der Waals surface area contributed by atoms with Crippen LogP contribution in [0, 0.1) is 0 Å². The van der Waals surface area contributed by atoms with E-state index < -0.39 is 6.10 Å². The quantitative estimate of drug-likeness (QED) is 0.842. The van der Waals surface area contributed by atoms with Crippen molar-refractivity contribution in [1.29, 1.82) is 0 Å². The first-order valence-corrected chi connectivity index (χ1v) is 8.77. The maximum absolute atomic E-state index is 12.1.